The minimum atomic E-state index is -2.32. The van der Waals surface area contributed by atoms with Crippen molar-refractivity contribution in [3.63, 3.8) is 0 Å². The summed E-state index contributed by atoms with van der Waals surface area (Å²) in [5, 5.41) is 2.96. The van der Waals surface area contributed by atoms with Crippen molar-refractivity contribution in [1.82, 2.24) is 10.3 Å². The predicted molar refractivity (Wildman–Crippen MR) is 56.3 cm³/mol. The minimum Gasteiger partial charge on any atom is -0.369 e. The van der Waals surface area contributed by atoms with E-state index in [0.29, 0.717) is 6.54 Å². The fourth-order valence-electron chi connectivity index (χ4n) is 1.29. The normalized spacial score (nSPS) is 10.7. The van der Waals surface area contributed by atoms with Crippen LogP contribution in [0.15, 0.2) is 18.3 Å². The molecule has 1 aromatic rings. The highest BCUT2D eigenvalue weighted by Gasteiger charge is 2.08. The molecular formula is C10H15F2N3. The van der Waals surface area contributed by atoms with Gasteiger partial charge in [0.2, 0.25) is 0 Å². The Kier molecular flexibility index (Phi) is 4.42. The van der Waals surface area contributed by atoms with Crippen molar-refractivity contribution in [1.29, 1.82) is 0 Å². The lowest BCUT2D eigenvalue weighted by Crippen LogP contribution is -2.24. The van der Waals surface area contributed by atoms with Gasteiger partial charge in [-0.2, -0.15) is 0 Å². The van der Waals surface area contributed by atoms with Gasteiger partial charge in [-0.05, 0) is 19.2 Å². The first-order valence-electron chi connectivity index (χ1n) is 4.72. The van der Waals surface area contributed by atoms with Gasteiger partial charge in [0.25, 0.3) is 6.43 Å². The van der Waals surface area contributed by atoms with Gasteiger partial charge in [-0.3, -0.25) is 4.98 Å². The Labute approximate surface area is 88.1 Å². The van der Waals surface area contributed by atoms with E-state index in [0.717, 1.165) is 11.4 Å². The molecule has 0 aliphatic rings. The van der Waals surface area contributed by atoms with Crippen molar-refractivity contribution >= 4 is 5.69 Å². The van der Waals surface area contributed by atoms with Crippen LogP contribution in [0.4, 0.5) is 14.5 Å². The van der Waals surface area contributed by atoms with Gasteiger partial charge in [0, 0.05) is 25.5 Å². The lowest BCUT2D eigenvalue weighted by Gasteiger charge is -2.18. The van der Waals surface area contributed by atoms with Crippen molar-refractivity contribution < 1.29 is 8.78 Å². The molecule has 1 N–H and O–H groups in total. The number of alkyl halides is 2. The number of hydrogen-bond donors (Lipinski definition) is 1. The Morgan fingerprint density at radius 3 is 2.87 bits per heavy atom. The standard InChI is InChI=1S/C10H15F2N3/c1-13-6-8-5-9(3-4-14-8)15(2)7-10(11)12/h3-5,10,13H,6-7H2,1-2H3. The lowest BCUT2D eigenvalue weighted by atomic mass is 10.3. The Bertz CT molecular complexity index is 304. The third-order valence-corrected chi connectivity index (χ3v) is 2.01. The van der Waals surface area contributed by atoms with Crippen LogP contribution in [0.3, 0.4) is 0 Å². The summed E-state index contributed by atoms with van der Waals surface area (Å²) in [6.07, 6.45) is -0.694. The molecule has 1 aromatic heterocycles. The van der Waals surface area contributed by atoms with Crippen LogP contribution < -0.4 is 10.2 Å². The molecule has 0 bridgehead atoms. The third kappa shape index (κ3) is 3.79. The summed E-state index contributed by atoms with van der Waals surface area (Å²) in [4.78, 5) is 5.63. The summed E-state index contributed by atoms with van der Waals surface area (Å²) >= 11 is 0. The van der Waals surface area contributed by atoms with E-state index in [-0.39, 0.29) is 6.54 Å². The van der Waals surface area contributed by atoms with Gasteiger partial charge < -0.3 is 10.2 Å². The van der Waals surface area contributed by atoms with Gasteiger partial charge in [0.15, 0.2) is 0 Å². The zero-order valence-corrected chi connectivity index (χ0v) is 8.87. The number of halogens is 2. The molecule has 0 fully saturated rings. The molecule has 0 aliphatic carbocycles. The second-order valence-electron chi connectivity index (χ2n) is 3.31. The largest absolute Gasteiger partial charge is 0.369 e. The molecule has 3 nitrogen and oxygen atoms in total. The number of pyridine rings is 1. The molecule has 15 heavy (non-hydrogen) atoms. The van der Waals surface area contributed by atoms with Gasteiger partial charge in [-0.15, -0.1) is 0 Å². The zero-order chi connectivity index (χ0) is 11.3. The number of aromatic nitrogens is 1. The van der Waals surface area contributed by atoms with Crippen molar-refractivity contribution in [3.8, 4) is 0 Å². The maximum atomic E-state index is 12.1. The van der Waals surface area contributed by atoms with Crippen LogP contribution >= 0.6 is 0 Å². The van der Waals surface area contributed by atoms with Crippen LogP contribution in [-0.2, 0) is 6.54 Å². The second-order valence-corrected chi connectivity index (χ2v) is 3.31. The van der Waals surface area contributed by atoms with E-state index in [2.05, 4.69) is 10.3 Å². The molecule has 0 amide bonds. The summed E-state index contributed by atoms with van der Waals surface area (Å²) in [6.45, 7) is 0.374. The zero-order valence-electron chi connectivity index (χ0n) is 8.87. The fraction of sp³-hybridized carbons (Fsp3) is 0.500. The summed E-state index contributed by atoms with van der Waals surface area (Å²) in [7, 11) is 3.46. The maximum Gasteiger partial charge on any atom is 0.255 e. The van der Waals surface area contributed by atoms with Crippen LogP contribution in [0.1, 0.15) is 5.69 Å². The predicted octanol–water partition coefficient (Wildman–Crippen LogP) is 1.50. The molecule has 84 valence electrons. The number of nitrogens with zero attached hydrogens (tertiary/aromatic N) is 2. The molecule has 5 heteroatoms. The molecule has 0 atom stereocenters. The van der Waals surface area contributed by atoms with Gasteiger partial charge in [0.1, 0.15) is 0 Å². The lowest BCUT2D eigenvalue weighted by molar-refractivity contribution is 0.156. The summed E-state index contributed by atoms with van der Waals surface area (Å²) in [6, 6.07) is 3.53. The van der Waals surface area contributed by atoms with Gasteiger partial charge in [0.05, 0.1) is 12.2 Å². The van der Waals surface area contributed by atoms with Crippen LogP contribution in [0.2, 0.25) is 0 Å². The maximum absolute atomic E-state index is 12.1. The van der Waals surface area contributed by atoms with Crippen molar-refractivity contribution in [2.75, 3.05) is 25.5 Å². The molecular weight excluding hydrogens is 200 g/mol. The number of nitrogens with one attached hydrogen (secondary N) is 1. The highest BCUT2D eigenvalue weighted by molar-refractivity contribution is 5.45. The quantitative estimate of drug-likeness (QED) is 0.806. The number of rotatable bonds is 5. The topological polar surface area (TPSA) is 28.2 Å². The van der Waals surface area contributed by atoms with E-state index in [1.54, 1.807) is 25.4 Å². The van der Waals surface area contributed by atoms with E-state index in [1.807, 2.05) is 7.05 Å². The molecule has 0 saturated carbocycles. The molecule has 0 aromatic carbocycles. The third-order valence-electron chi connectivity index (χ3n) is 2.01. The minimum absolute atomic E-state index is 0.261. The van der Waals surface area contributed by atoms with Crippen LogP contribution in [0, 0.1) is 0 Å². The first kappa shape index (κ1) is 11.8. The van der Waals surface area contributed by atoms with E-state index < -0.39 is 6.43 Å². The average molecular weight is 215 g/mol. The SMILES string of the molecule is CNCc1cc(N(C)CC(F)F)ccn1. The average Bonchev–Trinajstić information content (AvgIpc) is 2.17. The van der Waals surface area contributed by atoms with Gasteiger partial charge >= 0.3 is 0 Å². The molecule has 0 unspecified atom stereocenters. The smallest absolute Gasteiger partial charge is 0.255 e. The van der Waals surface area contributed by atoms with Crippen molar-refractivity contribution in [2.24, 2.45) is 0 Å². The number of hydrogen-bond acceptors (Lipinski definition) is 3. The van der Waals surface area contributed by atoms with Crippen LogP contribution in [0.25, 0.3) is 0 Å². The summed E-state index contributed by atoms with van der Waals surface area (Å²) in [5.41, 5.74) is 1.60. The highest BCUT2D eigenvalue weighted by Crippen LogP contribution is 2.13. The molecule has 1 rings (SSSR count). The monoisotopic (exact) mass is 215 g/mol. The molecule has 0 aliphatic heterocycles. The highest BCUT2D eigenvalue weighted by atomic mass is 19.3. The number of anilines is 1. The molecule has 0 spiro atoms. The van der Waals surface area contributed by atoms with Crippen LogP contribution in [-0.4, -0.2) is 32.0 Å². The fourth-order valence-corrected chi connectivity index (χ4v) is 1.29. The van der Waals surface area contributed by atoms with E-state index in [4.69, 9.17) is 0 Å². The first-order valence-corrected chi connectivity index (χ1v) is 4.72. The van der Waals surface area contributed by atoms with Crippen LogP contribution in [0.5, 0.6) is 0 Å². The molecule has 0 saturated heterocycles. The van der Waals surface area contributed by atoms with Crippen molar-refractivity contribution in [3.05, 3.63) is 24.0 Å². The van der Waals surface area contributed by atoms with E-state index in [9.17, 15) is 8.78 Å². The van der Waals surface area contributed by atoms with Gasteiger partial charge in [-0.25, -0.2) is 8.78 Å². The summed E-state index contributed by atoms with van der Waals surface area (Å²) < 4.78 is 24.3. The molecule has 1 heterocycles. The van der Waals surface area contributed by atoms with Crippen molar-refractivity contribution in [2.45, 2.75) is 13.0 Å². The molecule has 0 radical (unpaired) electrons. The first-order chi connectivity index (χ1) is 7.13. The Balaban J connectivity index is 2.71. The summed E-state index contributed by atoms with van der Waals surface area (Å²) in [5.74, 6) is 0. The van der Waals surface area contributed by atoms with Gasteiger partial charge in [-0.1, -0.05) is 0 Å². The van der Waals surface area contributed by atoms with E-state index >= 15 is 0 Å². The Morgan fingerprint density at radius 1 is 1.53 bits per heavy atom. The van der Waals surface area contributed by atoms with E-state index in [1.165, 1.54) is 4.90 Å². The second kappa shape index (κ2) is 5.60. The Hall–Kier alpha value is -1.23. The Morgan fingerprint density at radius 2 is 2.27 bits per heavy atom.